The summed E-state index contributed by atoms with van der Waals surface area (Å²) in [5, 5.41) is 5.94. The number of aromatic nitrogens is 2. The number of rotatable bonds is 11. The van der Waals surface area contributed by atoms with Crippen LogP contribution in [0, 0.1) is 5.92 Å². The minimum atomic E-state index is -0.545. The average Bonchev–Trinajstić information content (AvgIpc) is 3.32. The number of para-hydroxylation sites is 1. The zero-order valence-corrected chi connectivity index (χ0v) is 19.0. The van der Waals surface area contributed by atoms with Crippen molar-refractivity contribution in [2.24, 2.45) is 5.92 Å². The minimum Gasteiger partial charge on any atom is -0.467 e. The summed E-state index contributed by atoms with van der Waals surface area (Å²) in [5.41, 5.74) is -0.534. The highest BCUT2D eigenvalue weighted by Crippen LogP contribution is 2.08. The fourth-order valence-corrected chi connectivity index (χ4v) is 3.48. The van der Waals surface area contributed by atoms with E-state index in [9.17, 15) is 19.2 Å². The first kappa shape index (κ1) is 24.0. The molecule has 0 aliphatic carbocycles. The fraction of sp³-hybridized carbons (Fsp3) is 0.417. The molecule has 3 rings (SSSR count). The summed E-state index contributed by atoms with van der Waals surface area (Å²) in [7, 11) is 0. The minimum absolute atomic E-state index is 0.0415. The van der Waals surface area contributed by atoms with Gasteiger partial charge in [0.05, 0.1) is 23.7 Å². The van der Waals surface area contributed by atoms with E-state index in [0.717, 1.165) is 4.57 Å². The van der Waals surface area contributed by atoms with Crippen molar-refractivity contribution in [3.63, 3.8) is 0 Å². The summed E-state index contributed by atoms with van der Waals surface area (Å²) in [5.74, 6) is 0.564. The summed E-state index contributed by atoms with van der Waals surface area (Å²) >= 11 is 0. The van der Waals surface area contributed by atoms with Gasteiger partial charge < -0.3 is 15.1 Å². The maximum absolute atomic E-state index is 13.1. The molecule has 0 saturated carbocycles. The lowest BCUT2D eigenvalue weighted by Gasteiger charge is -2.14. The molecule has 33 heavy (non-hydrogen) atoms. The molecule has 2 heterocycles. The van der Waals surface area contributed by atoms with Gasteiger partial charge in [-0.3, -0.25) is 23.5 Å². The van der Waals surface area contributed by atoms with Crippen molar-refractivity contribution >= 4 is 22.7 Å². The third-order valence-corrected chi connectivity index (χ3v) is 5.22. The molecule has 2 amide bonds. The lowest BCUT2D eigenvalue weighted by Crippen LogP contribution is -2.42. The molecule has 0 unspecified atom stereocenters. The molecule has 0 atom stereocenters. The summed E-state index contributed by atoms with van der Waals surface area (Å²) < 4.78 is 7.66. The topological polar surface area (TPSA) is 115 Å². The quantitative estimate of drug-likeness (QED) is 0.430. The van der Waals surface area contributed by atoms with E-state index in [1.165, 1.54) is 10.8 Å². The van der Waals surface area contributed by atoms with Crippen LogP contribution in [0.15, 0.2) is 56.7 Å². The standard InChI is InChI=1S/C24H30N4O5/c1-17(2)14-25-21(29)11-5-6-12-27-23(31)19-9-3-4-10-20(19)28(24(27)32)16-22(30)26-15-18-8-7-13-33-18/h3-4,7-10,13,17H,5-6,11-12,14-16H2,1-2H3,(H,25,29)(H,26,30). The van der Waals surface area contributed by atoms with E-state index in [2.05, 4.69) is 10.6 Å². The van der Waals surface area contributed by atoms with Crippen LogP contribution in [0.1, 0.15) is 38.9 Å². The van der Waals surface area contributed by atoms with Crippen LogP contribution in [-0.4, -0.2) is 27.5 Å². The first-order valence-corrected chi connectivity index (χ1v) is 11.1. The fourth-order valence-electron chi connectivity index (χ4n) is 3.48. The van der Waals surface area contributed by atoms with E-state index in [0.29, 0.717) is 48.4 Å². The van der Waals surface area contributed by atoms with Crippen molar-refractivity contribution in [2.75, 3.05) is 6.54 Å². The first-order chi connectivity index (χ1) is 15.9. The molecule has 2 aromatic heterocycles. The zero-order valence-electron chi connectivity index (χ0n) is 19.0. The van der Waals surface area contributed by atoms with Crippen LogP contribution in [0.2, 0.25) is 0 Å². The van der Waals surface area contributed by atoms with Gasteiger partial charge in [-0.25, -0.2) is 4.79 Å². The number of carbonyl (C=O) groups excluding carboxylic acids is 2. The molecule has 0 aliphatic rings. The summed E-state index contributed by atoms with van der Waals surface area (Å²) in [4.78, 5) is 50.5. The Balaban J connectivity index is 1.72. The molecule has 0 saturated heterocycles. The van der Waals surface area contributed by atoms with Crippen LogP contribution >= 0.6 is 0 Å². The molecule has 176 valence electrons. The number of unbranched alkanes of at least 4 members (excludes halogenated alkanes) is 1. The van der Waals surface area contributed by atoms with Gasteiger partial charge >= 0.3 is 5.69 Å². The zero-order chi connectivity index (χ0) is 23.8. The van der Waals surface area contributed by atoms with Gasteiger partial charge in [-0.05, 0) is 43.0 Å². The molecule has 0 bridgehead atoms. The van der Waals surface area contributed by atoms with Gasteiger partial charge in [0.15, 0.2) is 0 Å². The predicted molar refractivity (Wildman–Crippen MR) is 125 cm³/mol. The second kappa shape index (κ2) is 11.3. The SMILES string of the molecule is CC(C)CNC(=O)CCCCn1c(=O)c2ccccc2n(CC(=O)NCc2ccco2)c1=O. The van der Waals surface area contributed by atoms with Crippen LogP contribution in [0.4, 0.5) is 0 Å². The number of amides is 2. The third-order valence-electron chi connectivity index (χ3n) is 5.22. The Morgan fingerprint density at radius 2 is 1.76 bits per heavy atom. The molecule has 0 aliphatic heterocycles. The molecular formula is C24H30N4O5. The van der Waals surface area contributed by atoms with Crippen LogP contribution in [0.5, 0.6) is 0 Å². The second-order valence-corrected chi connectivity index (χ2v) is 8.35. The van der Waals surface area contributed by atoms with Gasteiger partial charge in [-0.15, -0.1) is 0 Å². The largest absolute Gasteiger partial charge is 0.467 e. The Labute approximate surface area is 191 Å². The summed E-state index contributed by atoms with van der Waals surface area (Å²) in [6, 6.07) is 10.2. The van der Waals surface area contributed by atoms with Crippen molar-refractivity contribution in [3.8, 4) is 0 Å². The number of fused-ring (bicyclic) bond motifs is 1. The van der Waals surface area contributed by atoms with E-state index < -0.39 is 11.2 Å². The van der Waals surface area contributed by atoms with Crippen molar-refractivity contribution < 1.29 is 14.0 Å². The molecule has 9 heteroatoms. The van der Waals surface area contributed by atoms with Gasteiger partial charge in [0.25, 0.3) is 5.56 Å². The highest BCUT2D eigenvalue weighted by atomic mass is 16.3. The van der Waals surface area contributed by atoms with Crippen LogP contribution in [0.25, 0.3) is 10.9 Å². The van der Waals surface area contributed by atoms with E-state index in [1.807, 2.05) is 13.8 Å². The lowest BCUT2D eigenvalue weighted by molar-refractivity contribution is -0.122. The Hall–Kier alpha value is -3.62. The average molecular weight is 455 g/mol. The summed E-state index contributed by atoms with van der Waals surface area (Å²) in [6.07, 6.45) is 2.89. The van der Waals surface area contributed by atoms with Crippen molar-refractivity contribution in [1.29, 1.82) is 0 Å². The predicted octanol–water partition coefficient (Wildman–Crippen LogP) is 2.02. The smallest absolute Gasteiger partial charge is 0.331 e. The van der Waals surface area contributed by atoms with E-state index in [-0.39, 0.29) is 31.4 Å². The van der Waals surface area contributed by atoms with Gasteiger partial charge in [-0.1, -0.05) is 26.0 Å². The highest BCUT2D eigenvalue weighted by Gasteiger charge is 2.15. The number of nitrogens with one attached hydrogen (secondary N) is 2. The summed E-state index contributed by atoms with van der Waals surface area (Å²) in [6.45, 7) is 4.82. The highest BCUT2D eigenvalue weighted by molar-refractivity contribution is 5.81. The van der Waals surface area contributed by atoms with Crippen molar-refractivity contribution in [3.05, 3.63) is 69.3 Å². The number of carbonyl (C=O) groups is 2. The van der Waals surface area contributed by atoms with Crippen LogP contribution in [0.3, 0.4) is 0 Å². The van der Waals surface area contributed by atoms with Gasteiger partial charge in [0, 0.05) is 19.5 Å². The number of hydrogen-bond donors (Lipinski definition) is 2. The molecule has 0 fully saturated rings. The maximum Gasteiger partial charge on any atom is 0.331 e. The van der Waals surface area contributed by atoms with Crippen LogP contribution < -0.4 is 21.9 Å². The number of nitrogens with zero attached hydrogens (tertiary/aromatic N) is 2. The van der Waals surface area contributed by atoms with Crippen LogP contribution in [-0.2, 0) is 29.2 Å². The van der Waals surface area contributed by atoms with Gasteiger partial charge in [0.2, 0.25) is 11.8 Å². The Bertz CT molecular complexity index is 1210. The Kier molecular flexibility index (Phi) is 8.23. The number of furan rings is 1. The van der Waals surface area contributed by atoms with Crippen molar-refractivity contribution in [2.45, 2.75) is 52.7 Å². The Morgan fingerprint density at radius 3 is 2.48 bits per heavy atom. The number of hydrogen-bond acceptors (Lipinski definition) is 5. The molecule has 1 aromatic carbocycles. The van der Waals surface area contributed by atoms with Gasteiger partial charge in [-0.2, -0.15) is 0 Å². The molecule has 0 radical (unpaired) electrons. The van der Waals surface area contributed by atoms with E-state index >= 15 is 0 Å². The normalized spacial score (nSPS) is 11.1. The molecular weight excluding hydrogens is 424 g/mol. The van der Waals surface area contributed by atoms with Crippen molar-refractivity contribution in [1.82, 2.24) is 19.8 Å². The molecule has 3 aromatic rings. The monoisotopic (exact) mass is 454 g/mol. The lowest BCUT2D eigenvalue weighted by atomic mass is 10.2. The van der Waals surface area contributed by atoms with Gasteiger partial charge in [0.1, 0.15) is 12.3 Å². The first-order valence-electron chi connectivity index (χ1n) is 11.1. The second-order valence-electron chi connectivity index (χ2n) is 8.35. The molecule has 2 N–H and O–H groups in total. The third kappa shape index (κ3) is 6.44. The maximum atomic E-state index is 13.1. The molecule has 9 nitrogen and oxygen atoms in total. The Morgan fingerprint density at radius 1 is 0.970 bits per heavy atom. The molecule has 0 spiro atoms. The van der Waals surface area contributed by atoms with E-state index in [1.54, 1.807) is 36.4 Å². The number of benzene rings is 1. The van der Waals surface area contributed by atoms with E-state index in [4.69, 9.17) is 4.42 Å².